The van der Waals surface area contributed by atoms with Gasteiger partial charge in [-0.15, -0.1) is 0 Å². The van der Waals surface area contributed by atoms with Crippen molar-refractivity contribution in [2.24, 2.45) is 5.92 Å². The fraction of sp³-hybridized carbons (Fsp3) is 0.385. The molecule has 0 aliphatic carbocycles. The standard InChI is InChI=1S/C26H31NO7/c1-5-33-21-14-18(8-11-20(21)28)23-22(25(30)26(31)27(23)12-13-32-4)24(29)17-6-9-19(10-7-17)34-15-16(2)3/h6-11,14,16,23,28-29H,5,12-13,15H2,1-4H3. The van der Waals surface area contributed by atoms with E-state index in [1.54, 1.807) is 43.3 Å². The summed E-state index contributed by atoms with van der Waals surface area (Å²) in [6.45, 7) is 7.11. The zero-order valence-corrected chi connectivity index (χ0v) is 19.9. The second-order valence-corrected chi connectivity index (χ2v) is 8.37. The Morgan fingerprint density at radius 3 is 2.41 bits per heavy atom. The number of aliphatic hydroxyl groups is 1. The molecule has 2 aromatic rings. The Labute approximate surface area is 199 Å². The molecule has 1 fully saturated rings. The monoisotopic (exact) mass is 469 g/mol. The Kier molecular flexibility index (Phi) is 8.17. The quantitative estimate of drug-likeness (QED) is 0.309. The number of carbonyl (C=O) groups excluding carboxylic acids is 2. The van der Waals surface area contributed by atoms with Crippen LogP contribution in [0.15, 0.2) is 48.0 Å². The van der Waals surface area contributed by atoms with Gasteiger partial charge in [-0.3, -0.25) is 9.59 Å². The second kappa shape index (κ2) is 11.1. The van der Waals surface area contributed by atoms with Gasteiger partial charge in [0.25, 0.3) is 11.7 Å². The minimum absolute atomic E-state index is 0.0370. The minimum Gasteiger partial charge on any atom is -0.507 e. The van der Waals surface area contributed by atoms with Crippen LogP contribution in [-0.2, 0) is 14.3 Å². The molecule has 8 heteroatoms. The van der Waals surface area contributed by atoms with Crippen molar-refractivity contribution >= 4 is 17.4 Å². The Bertz CT molecular complexity index is 1060. The highest BCUT2D eigenvalue weighted by molar-refractivity contribution is 6.46. The van der Waals surface area contributed by atoms with Crippen LogP contribution in [0.3, 0.4) is 0 Å². The van der Waals surface area contributed by atoms with Gasteiger partial charge in [-0.1, -0.05) is 19.9 Å². The maximum atomic E-state index is 13.0. The van der Waals surface area contributed by atoms with Crippen molar-refractivity contribution in [2.75, 3.05) is 33.5 Å². The number of aliphatic hydroxyl groups excluding tert-OH is 1. The van der Waals surface area contributed by atoms with E-state index >= 15 is 0 Å². The summed E-state index contributed by atoms with van der Waals surface area (Å²) >= 11 is 0. The lowest BCUT2D eigenvalue weighted by Gasteiger charge is -2.25. The lowest BCUT2D eigenvalue weighted by molar-refractivity contribution is -0.140. The number of benzene rings is 2. The first-order valence-corrected chi connectivity index (χ1v) is 11.2. The summed E-state index contributed by atoms with van der Waals surface area (Å²) in [5, 5.41) is 21.3. The molecule has 182 valence electrons. The van der Waals surface area contributed by atoms with Gasteiger partial charge in [0.05, 0.1) is 31.4 Å². The molecule has 0 bridgehead atoms. The highest BCUT2D eigenvalue weighted by Crippen LogP contribution is 2.41. The third kappa shape index (κ3) is 5.34. The third-order valence-corrected chi connectivity index (χ3v) is 5.39. The lowest BCUT2D eigenvalue weighted by atomic mass is 9.95. The van der Waals surface area contributed by atoms with Crippen LogP contribution in [0, 0.1) is 5.92 Å². The number of ether oxygens (including phenoxy) is 3. The van der Waals surface area contributed by atoms with Gasteiger partial charge in [-0.2, -0.15) is 0 Å². The number of hydrogen-bond donors (Lipinski definition) is 2. The molecule has 1 aliphatic rings. The molecule has 1 amide bonds. The van der Waals surface area contributed by atoms with E-state index in [9.17, 15) is 19.8 Å². The number of carbonyl (C=O) groups is 2. The van der Waals surface area contributed by atoms with Crippen LogP contribution in [0.1, 0.15) is 37.9 Å². The lowest BCUT2D eigenvalue weighted by Crippen LogP contribution is -2.32. The van der Waals surface area contributed by atoms with Crippen molar-refractivity contribution in [3.63, 3.8) is 0 Å². The molecule has 1 aliphatic heterocycles. The molecule has 0 radical (unpaired) electrons. The Hall–Kier alpha value is -3.52. The first-order valence-electron chi connectivity index (χ1n) is 11.2. The smallest absolute Gasteiger partial charge is 0.295 e. The molecule has 2 aromatic carbocycles. The summed E-state index contributed by atoms with van der Waals surface area (Å²) in [4.78, 5) is 27.3. The number of rotatable bonds is 10. The van der Waals surface area contributed by atoms with Gasteiger partial charge >= 0.3 is 0 Å². The zero-order chi connectivity index (χ0) is 24.8. The molecule has 0 spiro atoms. The normalized spacial score (nSPS) is 17.4. The Morgan fingerprint density at radius 2 is 1.79 bits per heavy atom. The average molecular weight is 470 g/mol. The highest BCUT2D eigenvalue weighted by atomic mass is 16.5. The van der Waals surface area contributed by atoms with Crippen LogP contribution < -0.4 is 9.47 Å². The van der Waals surface area contributed by atoms with E-state index in [2.05, 4.69) is 0 Å². The number of likely N-dealkylation sites (tertiary alicyclic amines) is 1. The van der Waals surface area contributed by atoms with Gasteiger partial charge < -0.3 is 29.3 Å². The van der Waals surface area contributed by atoms with Crippen molar-refractivity contribution in [3.8, 4) is 17.2 Å². The summed E-state index contributed by atoms with van der Waals surface area (Å²) in [5.41, 5.74) is 0.871. The molecule has 1 saturated heterocycles. The number of nitrogens with zero attached hydrogens (tertiary/aromatic N) is 1. The second-order valence-electron chi connectivity index (χ2n) is 8.37. The van der Waals surface area contributed by atoms with Crippen molar-refractivity contribution in [3.05, 3.63) is 59.2 Å². The van der Waals surface area contributed by atoms with Crippen molar-refractivity contribution in [1.29, 1.82) is 0 Å². The molecule has 3 rings (SSSR count). The van der Waals surface area contributed by atoms with Crippen LogP contribution in [0.4, 0.5) is 0 Å². The van der Waals surface area contributed by atoms with Gasteiger partial charge in [0.1, 0.15) is 11.5 Å². The highest BCUT2D eigenvalue weighted by Gasteiger charge is 2.46. The number of ketones is 1. The summed E-state index contributed by atoms with van der Waals surface area (Å²) in [6, 6.07) is 10.5. The molecular formula is C26H31NO7. The fourth-order valence-corrected chi connectivity index (χ4v) is 3.75. The molecule has 34 heavy (non-hydrogen) atoms. The zero-order valence-electron chi connectivity index (χ0n) is 19.9. The molecular weight excluding hydrogens is 438 g/mol. The van der Waals surface area contributed by atoms with E-state index in [0.29, 0.717) is 36.0 Å². The van der Waals surface area contributed by atoms with Gasteiger partial charge in [0, 0.05) is 19.2 Å². The van der Waals surface area contributed by atoms with Gasteiger partial charge in [0.15, 0.2) is 11.5 Å². The number of phenolic OH excluding ortho intramolecular Hbond substituents is 1. The first-order chi connectivity index (χ1) is 16.3. The van der Waals surface area contributed by atoms with E-state index in [1.165, 1.54) is 18.1 Å². The molecule has 1 unspecified atom stereocenters. The molecule has 0 saturated carbocycles. The van der Waals surface area contributed by atoms with E-state index < -0.39 is 17.7 Å². The number of methoxy groups -OCH3 is 1. The van der Waals surface area contributed by atoms with Gasteiger partial charge in [-0.05, 0) is 54.8 Å². The van der Waals surface area contributed by atoms with E-state index in [-0.39, 0.29) is 36.0 Å². The van der Waals surface area contributed by atoms with Crippen LogP contribution in [0.5, 0.6) is 17.2 Å². The maximum Gasteiger partial charge on any atom is 0.295 e. The molecule has 1 heterocycles. The van der Waals surface area contributed by atoms with E-state index in [4.69, 9.17) is 14.2 Å². The number of aromatic hydroxyl groups is 1. The number of phenols is 1. The van der Waals surface area contributed by atoms with Crippen molar-refractivity contribution in [2.45, 2.75) is 26.8 Å². The third-order valence-electron chi connectivity index (χ3n) is 5.39. The van der Waals surface area contributed by atoms with Crippen LogP contribution in [-0.4, -0.2) is 60.3 Å². The predicted molar refractivity (Wildman–Crippen MR) is 127 cm³/mol. The fourth-order valence-electron chi connectivity index (χ4n) is 3.75. The molecule has 8 nitrogen and oxygen atoms in total. The summed E-state index contributed by atoms with van der Waals surface area (Å²) in [5.74, 6) is -0.633. The van der Waals surface area contributed by atoms with Crippen LogP contribution in [0.25, 0.3) is 5.76 Å². The maximum absolute atomic E-state index is 13.0. The molecule has 0 aromatic heterocycles. The largest absolute Gasteiger partial charge is 0.507 e. The van der Waals surface area contributed by atoms with Gasteiger partial charge in [0.2, 0.25) is 0 Å². The molecule has 1 atom stereocenters. The van der Waals surface area contributed by atoms with Crippen molar-refractivity contribution < 1.29 is 34.0 Å². The average Bonchev–Trinajstić information content (AvgIpc) is 3.07. The SMILES string of the molecule is CCOc1cc(C2C(=C(O)c3ccc(OCC(C)C)cc3)C(=O)C(=O)N2CCOC)ccc1O. The van der Waals surface area contributed by atoms with Crippen LogP contribution >= 0.6 is 0 Å². The Balaban J connectivity index is 2.07. The Morgan fingerprint density at radius 1 is 1.09 bits per heavy atom. The minimum atomic E-state index is -0.869. The topological polar surface area (TPSA) is 106 Å². The molecule has 2 N–H and O–H groups in total. The number of Topliss-reactive ketones (excluding diaryl/α,β-unsaturated/α-hetero) is 1. The summed E-state index contributed by atoms with van der Waals surface area (Å²) < 4.78 is 16.3. The summed E-state index contributed by atoms with van der Waals surface area (Å²) in [7, 11) is 1.50. The van der Waals surface area contributed by atoms with E-state index in [1.807, 2.05) is 13.8 Å². The van der Waals surface area contributed by atoms with Gasteiger partial charge in [-0.25, -0.2) is 0 Å². The summed E-state index contributed by atoms with van der Waals surface area (Å²) in [6.07, 6.45) is 0. The van der Waals surface area contributed by atoms with Crippen LogP contribution in [0.2, 0.25) is 0 Å². The van der Waals surface area contributed by atoms with Crippen molar-refractivity contribution in [1.82, 2.24) is 4.90 Å². The van der Waals surface area contributed by atoms with E-state index in [0.717, 1.165) is 0 Å². The predicted octanol–water partition coefficient (Wildman–Crippen LogP) is 3.89. The first kappa shape index (κ1) is 25.1. The number of hydrogen-bond acceptors (Lipinski definition) is 7. The number of amides is 1.